The molecular weight excluding hydrogens is 1060 g/mol. The number of nitrogens with zero attached hydrogens (tertiary/aromatic N) is 2. The Morgan fingerprint density at radius 2 is 0.648 bits per heavy atom. The molecule has 15 aromatic rings. The minimum Gasteiger partial charge on any atom is -0.310 e. The van der Waals surface area contributed by atoms with E-state index in [-0.39, 0.29) is 10.8 Å². The number of benzene rings is 15. The quantitative estimate of drug-likeness (QED) is 0.133. The minimum absolute atomic E-state index is 0.167. The monoisotopic (exact) mass is 1120 g/mol. The lowest BCUT2D eigenvalue weighted by Gasteiger charge is -2.30. The molecule has 0 heterocycles. The Bertz CT molecular complexity index is 5320. The maximum atomic E-state index is 2.48. The highest BCUT2D eigenvalue weighted by Gasteiger charge is 2.38. The van der Waals surface area contributed by atoms with Gasteiger partial charge in [0.1, 0.15) is 0 Å². The van der Waals surface area contributed by atoms with Gasteiger partial charge in [-0.15, -0.1) is 0 Å². The van der Waals surface area contributed by atoms with Crippen molar-refractivity contribution in [1.82, 2.24) is 0 Å². The molecule has 0 radical (unpaired) electrons. The standard InChI is InChI=1S/C86H62N2/c1-85(2)78-33-18-17-31-71(78)72-45-41-66(53-80(72)85)87(62-25-7-5-8-26-62)64-43-47-74-76(51-64)82(59-37-35-58(36-38-59)69-32-19-24-56-21-13-15-29-68(56)69)73-46-42-65(52-77(73)83(74)61-39-34-55-20-11-12-23-60(55)50-61)88(63-27-9-6-10-28-63)67-44-48-75-81(54-67)86(3,4)79-49-40-57-22-14-16-30-70(57)84(75)79/h5-54H,1-4H3. The Morgan fingerprint density at radius 1 is 0.205 bits per heavy atom. The van der Waals surface area contributed by atoms with Crippen LogP contribution in [0.4, 0.5) is 34.1 Å². The zero-order chi connectivity index (χ0) is 58.8. The molecule has 88 heavy (non-hydrogen) atoms. The molecule has 2 aliphatic carbocycles. The fourth-order valence-corrected chi connectivity index (χ4v) is 15.3. The van der Waals surface area contributed by atoms with Gasteiger partial charge in [-0.25, -0.2) is 0 Å². The van der Waals surface area contributed by atoms with Gasteiger partial charge in [-0.3, -0.25) is 0 Å². The largest absolute Gasteiger partial charge is 0.310 e. The molecule has 2 heteroatoms. The number of para-hydroxylation sites is 2. The number of anilines is 6. The van der Waals surface area contributed by atoms with E-state index in [4.69, 9.17) is 0 Å². The summed E-state index contributed by atoms with van der Waals surface area (Å²) < 4.78 is 0. The van der Waals surface area contributed by atoms with Crippen LogP contribution in [-0.4, -0.2) is 0 Å². The lowest BCUT2D eigenvalue weighted by atomic mass is 9.82. The topological polar surface area (TPSA) is 6.48 Å². The number of hydrogen-bond donors (Lipinski definition) is 0. The summed E-state index contributed by atoms with van der Waals surface area (Å²) in [6, 6.07) is 114. The Balaban J connectivity index is 0.926. The van der Waals surface area contributed by atoms with Crippen LogP contribution in [0.1, 0.15) is 49.9 Å². The first-order valence-electron chi connectivity index (χ1n) is 30.9. The van der Waals surface area contributed by atoms with Gasteiger partial charge in [-0.05, 0) is 211 Å². The van der Waals surface area contributed by atoms with Crippen molar-refractivity contribution in [2.75, 3.05) is 9.80 Å². The van der Waals surface area contributed by atoms with Crippen molar-refractivity contribution in [1.29, 1.82) is 0 Å². The zero-order valence-electron chi connectivity index (χ0n) is 49.8. The van der Waals surface area contributed by atoms with Crippen LogP contribution in [0.3, 0.4) is 0 Å². The summed E-state index contributed by atoms with van der Waals surface area (Å²) in [5.41, 5.74) is 24.1. The van der Waals surface area contributed by atoms with Crippen molar-refractivity contribution in [3.05, 3.63) is 326 Å². The summed E-state index contributed by atoms with van der Waals surface area (Å²) >= 11 is 0. The predicted molar refractivity (Wildman–Crippen MR) is 375 cm³/mol. The average molecular weight is 1120 g/mol. The summed E-state index contributed by atoms with van der Waals surface area (Å²) in [7, 11) is 0. The van der Waals surface area contributed by atoms with Crippen molar-refractivity contribution in [2.24, 2.45) is 0 Å². The van der Waals surface area contributed by atoms with Crippen LogP contribution < -0.4 is 9.80 Å². The molecule has 0 atom stereocenters. The van der Waals surface area contributed by atoms with Crippen LogP contribution in [-0.2, 0) is 10.8 Å². The van der Waals surface area contributed by atoms with E-state index in [0.717, 1.165) is 39.7 Å². The van der Waals surface area contributed by atoms with Crippen LogP contribution in [0.2, 0.25) is 0 Å². The highest BCUT2D eigenvalue weighted by atomic mass is 15.1. The molecule has 416 valence electrons. The number of rotatable bonds is 9. The SMILES string of the molecule is CC1(C)c2ccccc2-c2ccc(N(c3ccccc3)c3ccc4c(-c5ccc6ccccc6c5)c5cc(N(c6ccccc6)c6ccc7c(c6)C(C)(C)c6ccc8ccccc8c6-7)ccc5c(-c5ccc(-c6cccc7ccccc67)cc5)c4c3)cc21. The van der Waals surface area contributed by atoms with Crippen molar-refractivity contribution >= 4 is 88.0 Å². The van der Waals surface area contributed by atoms with Crippen LogP contribution in [0.25, 0.3) is 109 Å². The fraction of sp³-hybridized carbons (Fsp3) is 0.0698. The van der Waals surface area contributed by atoms with E-state index in [9.17, 15) is 0 Å². The summed E-state index contributed by atoms with van der Waals surface area (Å²) in [4.78, 5) is 4.94. The summed E-state index contributed by atoms with van der Waals surface area (Å²) in [6.45, 7) is 9.54. The Morgan fingerprint density at radius 3 is 1.32 bits per heavy atom. The molecule has 0 aromatic heterocycles. The molecule has 0 saturated heterocycles. The molecule has 0 saturated carbocycles. The Labute approximate surface area is 514 Å². The van der Waals surface area contributed by atoms with Crippen molar-refractivity contribution < 1.29 is 0 Å². The van der Waals surface area contributed by atoms with Crippen molar-refractivity contribution in [3.63, 3.8) is 0 Å². The van der Waals surface area contributed by atoms with Gasteiger partial charge in [-0.1, -0.05) is 252 Å². The van der Waals surface area contributed by atoms with E-state index in [1.165, 1.54) is 126 Å². The lowest BCUT2D eigenvalue weighted by Crippen LogP contribution is -2.16. The second kappa shape index (κ2) is 19.9. The smallest absolute Gasteiger partial charge is 0.0468 e. The van der Waals surface area contributed by atoms with Crippen LogP contribution in [0.15, 0.2) is 303 Å². The van der Waals surface area contributed by atoms with Gasteiger partial charge in [0.15, 0.2) is 0 Å². The first kappa shape index (κ1) is 51.6. The van der Waals surface area contributed by atoms with E-state index >= 15 is 0 Å². The zero-order valence-corrected chi connectivity index (χ0v) is 49.8. The second-order valence-electron chi connectivity index (χ2n) is 25.2. The highest BCUT2D eigenvalue weighted by molar-refractivity contribution is 6.23. The second-order valence-corrected chi connectivity index (χ2v) is 25.2. The van der Waals surface area contributed by atoms with E-state index < -0.39 is 0 Å². The molecule has 0 fully saturated rings. The minimum atomic E-state index is -0.214. The van der Waals surface area contributed by atoms with Gasteiger partial charge in [0, 0.05) is 45.0 Å². The average Bonchev–Trinajstić information content (AvgIpc) is 2.87. The number of hydrogen-bond acceptors (Lipinski definition) is 2. The van der Waals surface area contributed by atoms with Crippen LogP contribution in [0.5, 0.6) is 0 Å². The van der Waals surface area contributed by atoms with E-state index in [1.54, 1.807) is 0 Å². The summed E-state index contributed by atoms with van der Waals surface area (Å²) in [6.07, 6.45) is 0. The molecule has 0 bridgehead atoms. The third-order valence-corrected chi connectivity index (χ3v) is 19.6. The van der Waals surface area contributed by atoms with Crippen molar-refractivity contribution in [2.45, 2.75) is 38.5 Å². The maximum Gasteiger partial charge on any atom is 0.0468 e. The van der Waals surface area contributed by atoms with Crippen LogP contribution >= 0.6 is 0 Å². The fourth-order valence-electron chi connectivity index (χ4n) is 15.3. The van der Waals surface area contributed by atoms with Crippen molar-refractivity contribution in [3.8, 4) is 55.6 Å². The third-order valence-electron chi connectivity index (χ3n) is 19.6. The van der Waals surface area contributed by atoms with Gasteiger partial charge in [0.05, 0.1) is 0 Å². The summed E-state index contributed by atoms with van der Waals surface area (Å²) in [5, 5.41) is 12.2. The van der Waals surface area contributed by atoms with Gasteiger partial charge < -0.3 is 9.80 Å². The van der Waals surface area contributed by atoms with Gasteiger partial charge in [0.25, 0.3) is 0 Å². The first-order chi connectivity index (χ1) is 43.2. The lowest BCUT2D eigenvalue weighted by molar-refractivity contribution is 0.660. The molecular formula is C86H62N2. The third kappa shape index (κ3) is 8.02. The molecule has 2 nitrogen and oxygen atoms in total. The Kier molecular flexibility index (Phi) is 11.7. The van der Waals surface area contributed by atoms with Gasteiger partial charge in [0.2, 0.25) is 0 Å². The molecule has 15 aromatic carbocycles. The predicted octanol–water partition coefficient (Wildman–Crippen LogP) is 24.0. The molecule has 17 rings (SSSR count). The molecule has 0 spiro atoms. The summed E-state index contributed by atoms with van der Waals surface area (Å²) in [5.74, 6) is 0. The van der Waals surface area contributed by atoms with E-state index in [2.05, 4.69) is 341 Å². The molecule has 0 aliphatic heterocycles. The molecule has 0 N–H and O–H groups in total. The Hall–Kier alpha value is -10.8. The van der Waals surface area contributed by atoms with Gasteiger partial charge >= 0.3 is 0 Å². The van der Waals surface area contributed by atoms with E-state index in [1.807, 2.05) is 0 Å². The normalized spacial score (nSPS) is 13.4. The van der Waals surface area contributed by atoms with Crippen LogP contribution in [0, 0.1) is 0 Å². The van der Waals surface area contributed by atoms with Gasteiger partial charge in [-0.2, -0.15) is 0 Å². The van der Waals surface area contributed by atoms with E-state index in [0.29, 0.717) is 0 Å². The number of fused-ring (bicyclic) bond motifs is 12. The maximum absolute atomic E-state index is 2.48. The molecule has 0 amide bonds. The highest BCUT2D eigenvalue weighted by Crippen LogP contribution is 2.55. The molecule has 2 aliphatic rings. The molecule has 0 unspecified atom stereocenters. The first-order valence-corrected chi connectivity index (χ1v) is 30.9.